The molecule has 1 aromatic heterocycles. The Morgan fingerprint density at radius 2 is 1.88 bits per heavy atom. The quantitative estimate of drug-likeness (QED) is 0.570. The van der Waals surface area contributed by atoms with Crippen LogP contribution in [0.1, 0.15) is 27.2 Å². The number of hydrogen-bond donors (Lipinski definition) is 1. The van der Waals surface area contributed by atoms with Crippen molar-refractivity contribution in [2.24, 2.45) is 7.05 Å². The van der Waals surface area contributed by atoms with Crippen LogP contribution in [-0.2, 0) is 19.8 Å². The highest BCUT2D eigenvalue weighted by Gasteiger charge is 2.30. The van der Waals surface area contributed by atoms with Gasteiger partial charge in [0.2, 0.25) is 0 Å². The fourth-order valence-corrected chi connectivity index (χ4v) is 3.18. The van der Waals surface area contributed by atoms with Crippen LogP contribution in [0.15, 0.2) is 61.1 Å². The highest BCUT2D eigenvalue weighted by molar-refractivity contribution is 5.92. The molecule has 0 fully saturated rings. The lowest BCUT2D eigenvalue weighted by molar-refractivity contribution is -0.137. The van der Waals surface area contributed by atoms with E-state index in [1.54, 1.807) is 11.6 Å². The van der Waals surface area contributed by atoms with Gasteiger partial charge in [0.1, 0.15) is 24.2 Å². The predicted octanol–water partition coefficient (Wildman–Crippen LogP) is 3.83. The van der Waals surface area contributed by atoms with Gasteiger partial charge in [-0.25, -0.2) is 4.98 Å². The summed E-state index contributed by atoms with van der Waals surface area (Å²) >= 11 is 0. The van der Waals surface area contributed by atoms with Crippen LogP contribution in [-0.4, -0.2) is 44.7 Å². The third-order valence-corrected chi connectivity index (χ3v) is 5.00. The van der Waals surface area contributed by atoms with Crippen molar-refractivity contribution in [1.82, 2.24) is 14.5 Å². The van der Waals surface area contributed by atoms with Gasteiger partial charge in [0, 0.05) is 13.6 Å². The molecule has 0 radical (unpaired) electrons. The Kier molecular flexibility index (Phi) is 7.19. The topological polar surface area (TPSA) is 67.6 Å². The number of ether oxygens (including phenoxy) is 1. The molecule has 1 amide bonds. The van der Waals surface area contributed by atoms with E-state index in [9.17, 15) is 23.1 Å². The normalized spacial score (nSPS) is 12.4. The number of imidazole rings is 1. The molecular weight excluding hydrogens is 423 g/mol. The van der Waals surface area contributed by atoms with Crippen molar-refractivity contribution in [2.75, 3.05) is 13.2 Å². The average Bonchev–Trinajstić information content (AvgIpc) is 3.18. The fourth-order valence-electron chi connectivity index (χ4n) is 3.18. The van der Waals surface area contributed by atoms with Gasteiger partial charge in [-0.1, -0.05) is 24.3 Å². The highest BCUT2D eigenvalue weighted by Crippen LogP contribution is 2.30. The smallest absolute Gasteiger partial charge is 0.416 e. The highest BCUT2D eigenvalue weighted by atomic mass is 19.4. The maximum Gasteiger partial charge on any atom is 0.416 e. The van der Waals surface area contributed by atoms with Crippen LogP contribution in [0.25, 0.3) is 0 Å². The number of halogens is 3. The largest absolute Gasteiger partial charge is 0.491 e. The van der Waals surface area contributed by atoms with Crippen LogP contribution in [0.4, 0.5) is 13.2 Å². The summed E-state index contributed by atoms with van der Waals surface area (Å²) in [7, 11) is 1.70. The van der Waals surface area contributed by atoms with Gasteiger partial charge in [0.25, 0.3) is 5.91 Å². The van der Waals surface area contributed by atoms with Crippen LogP contribution in [0.3, 0.4) is 0 Å². The number of hydrogen-bond acceptors (Lipinski definition) is 4. The van der Waals surface area contributed by atoms with Crippen molar-refractivity contribution in [3.05, 3.63) is 83.4 Å². The Bertz CT molecular complexity index is 1050. The lowest BCUT2D eigenvalue weighted by atomic mass is 10.1. The molecule has 32 heavy (non-hydrogen) atoms. The third-order valence-electron chi connectivity index (χ3n) is 5.00. The van der Waals surface area contributed by atoms with Gasteiger partial charge in [-0.05, 0) is 42.3 Å². The summed E-state index contributed by atoms with van der Waals surface area (Å²) in [6.07, 6.45) is -2.51. The molecule has 9 heteroatoms. The number of rotatable bonds is 8. The van der Waals surface area contributed by atoms with Crippen molar-refractivity contribution in [3.63, 3.8) is 0 Å². The molecule has 0 spiro atoms. The van der Waals surface area contributed by atoms with E-state index in [2.05, 4.69) is 4.98 Å². The van der Waals surface area contributed by atoms with E-state index in [1.165, 1.54) is 29.6 Å². The molecule has 0 aliphatic heterocycles. The van der Waals surface area contributed by atoms with Gasteiger partial charge in [-0.15, -0.1) is 0 Å². The van der Waals surface area contributed by atoms with Crippen LogP contribution >= 0.6 is 0 Å². The van der Waals surface area contributed by atoms with Crippen LogP contribution in [0, 0.1) is 6.92 Å². The Morgan fingerprint density at radius 1 is 1.19 bits per heavy atom. The zero-order chi connectivity index (χ0) is 23.3. The first-order valence-corrected chi connectivity index (χ1v) is 9.93. The van der Waals surface area contributed by atoms with Crippen molar-refractivity contribution >= 4 is 5.91 Å². The zero-order valence-corrected chi connectivity index (χ0v) is 17.7. The maximum atomic E-state index is 13.1. The van der Waals surface area contributed by atoms with Gasteiger partial charge >= 0.3 is 6.18 Å². The SMILES string of the molecule is Cc1ccccc1CN(CC(O)COc1ccc(C(F)(F)F)cc1)C(=O)c1cncn1C. The summed E-state index contributed by atoms with van der Waals surface area (Å²) in [6, 6.07) is 11.8. The Morgan fingerprint density at radius 3 is 2.47 bits per heavy atom. The maximum absolute atomic E-state index is 13.1. The summed E-state index contributed by atoms with van der Waals surface area (Å²) in [5.74, 6) is -0.109. The number of aliphatic hydroxyl groups excluding tert-OH is 1. The molecule has 1 atom stereocenters. The molecular formula is C23H24F3N3O3. The second-order valence-electron chi connectivity index (χ2n) is 7.49. The number of aliphatic hydroxyl groups is 1. The third kappa shape index (κ3) is 5.88. The van der Waals surface area contributed by atoms with Gasteiger partial charge in [-0.2, -0.15) is 13.2 Å². The number of carbonyl (C=O) groups excluding carboxylic acids is 1. The molecule has 0 saturated heterocycles. The zero-order valence-electron chi connectivity index (χ0n) is 17.7. The van der Waals surface area contributed by atoms with Crippen molar-refractivity contribution in [2.45, 2.75) is 25.7 Å². The van der Waals surface area contributed by atoms with E-state index in [0.717, 1.165) is 23.3 Å². The molecule has 2 aromatic carbocycles. The number of nitrogens with zero attached hydrogens (tertiary/aromatic N) is 3. The van der Waals surface area contributed by atoms with Crippen molar-refractivity contribution in [1.29, 1.82) is 0 Å². The summed E-state index contributed by atoms with van der Waals surface area (Å²) in [4.78, 5) is 18.6. The number of aryl methyl sites for hydroxylation is 2. The number of benzene rings is 2. The van der Waals surface area contributed by atoms with Crippen LogP contribution in [0.5, 0.6) is 5.75 Å². The first-order chi connectivity index (χ1) is 15.1. The molecule has 1 heterocycles. The Labute approximate surface area is 183 Å². The minimum absolute atomic E-state index is 0.0288. The van der Waals surface area contributed by atoms with Gasteiger partial charge in [-0.3, -0.25) is 4.79 Å². The minimum Gasteiger partial charge on any atom is -0.491 e. The molecule has 0 saturated carbocycles. The second-order valence-corrected chi connectivity index (χ2v) is 7.49. The average molecular weight is 447 g/mol. The van der Waals surface area contributed by atoms with E-state index in [-0.39, 0.29) is 31.4 Å². The summed E-state index contributed by atoms with van der Waals surface area (Å²) in [5, 5.41) is 10.5. The molecule has 0 aliphatic carbocycles. The lowest BCUT2D eigenvalue weighted by Crippen LogP contribution is -2.40. The fraction of sp³-hybridized carbons (Fsp3) is 0.304. The number of aromatic nitrogens is 2. The monoisotopic (exact) mass is 447 g/mol. The second kappa shape index (κ2) is 9.86. The van der Waals surface area contributed by atoms with E-state index >= 15 is 0 Å². The van der Waals surface area contributed by atoms with Gasteiger partial charge in [0.15, 0.2) is 0 Å². The predicted molar refractivity (Wildman–Crippen MR) is 112 cm³/mol. The Hall–Kier alpha value is -3.33. The molecule has 1 unspecified atom stereocenters. The molecule has 0 aliphatic rings. The Balaban J connectivity index is 1.69. The van der Waals surface area contributed by atoms with Crippen LogP contribution < -0.4 is 4.74 Å². The van der Waals surface area contributed by atoms with E-state index in [0.29, 0.717) is 5.69 Å². The molecule has 1 N–H and O–H groups in total. The first-order valence-electron chi connectivity index (χ1n) is 9.93. The molecule has 170 valence electrons. The number of amides is 1. The van der Waals surface area contributed by atoms with Crippen molar-refractivity contribution in [3.8, 4) is 5.75 Å². The lowest BCUT2D eigenvalue weighted by Gasteiger charge is -2.26. The summed E-state index contributed by atoms with van der Waals surface area (Å²) in [6.45, 7) is 1.99. The van der Waals surface area contributed by atoms with E-state index in [4.69, 9.17) is 4.74 Å². The van der Waals surface area contributed by atoms with Crippen molar-refractivity contribution < 1.29 is 27.8 Å². The molecule has 3 aromatic rings. The number of alkyl halides is 3. The van der Waals surface area contributed by atoms with E-state index in [1.807, 2.05) is 31.2 Å². The van der Waals surface area contributed by atoms with Gasteiger partial charge < -0.3 is 19.3 Å². The molecule has 0 bridgehead atoms. The van der Waals surface area contributed by atoms with Gasteiger partial charge in [0.05, 0.1) is 24.6 Å². The molecule has 3 rings (SSSR count). The molecule has 6 nitrogen and oxygen atoms in total. The summed E-state index contributed by atoms with van der Waals surface area (Å²) < 4.78 is 45.1. The summed E-state index contributed by atoms with van der Waals surface area (Å²) in [5.41, 5.74) is 1.52. The minimum atomic E-state index is -4.43. The van der Waals surface area contributed by atoms with Crippen LogP contribution in [0.2, 0.25) is 0 Å². The number of carbonyl (C=O) groups is 1. The standard InChI is InChI=1S/C23H24F3N3O3/c1-16-5-3-4-6-17(16)12-29(22(31)21-11-27-15-28(21)2)13-19(30)14-32-20-9-7-18(8-10-20)23(24,25)26/h3-11,15,19,30H,12-14H2,1-2H3. The first kappa shape index (κ1) is 23.3. The van der Waals surface area contributed by atoms with E-state index < -0.39 is 17.8 Å².